The Hall–Kier alpha value is -5.66. The second kappa shape index (κ2) is 13.0. The van der Waals surface area contributed by atoms with Crippen molar-refractivity contribution in [2.45, 2.75) is 71.1 Å². The molecule has 0 fully saturated rings. The van der Waals surface area contributed by atoms with Crippen molar-refractivity contribution in [3.8, 4) is 22.3 Å². The van der Waals surface area contributed by atoms with E-state index in [0.717, 1.165) is 11.4 Å². The third-order valence-electron chi connectivity index (χ3n) is 12.3. The van der Waals surface area contributed by atoms with Crippen molar-refractivity contribution >= 4 is 49.4 Å². The van der Waals surface area contributed by atoms with Crippen molar-refractivity contribution in [1.29, 1.82) is 0 Å². The van der Waals surface area contributed by atoms with Gasteiger partial charge in [-0.2, -0.15) is 0 Å². The highest BCUT2D eigenvalue weighted by Gasteiger charge is 2.38. The van der Waals surface area contributed by atoms with Gasteiger partial charge in [-0.15, -0.1) is 0 Å². The van der Waals surface area contributed by atoms with Crippen LogP contribution in [0.2, 0.25) is 0 Å². The molecule has 0 saturated heterocycles. The average molecular weight is 700 g/mol. The molecule has 0 bridgehead atoms. The zero-order chi connectivity index (χ0) is 37.2. The van der Waals surface area contributed by atoms with Gasteiger partial charge in [-0.05, 0) is 143 Å². The van der Waals surface area contributed by atoms with Crippen molar-refractivity contribution in [3.63, 3.8) is 0 Å². The Labute approximate surface area is 320 Å². The van der Waals surface area contributed by atoms with E-state index in [-0.39, 0.29) is 10.8 Å². The normalized spacial score (nSPS) is 14.8. The van der Waals surface area contributed by atoms with Crippen molar-refractivity contribution in [2.75, 3.05) is 4.90 Å². The second-order valence-corrected chi connectivity index (χ2v) is 17.1. The van der Waals surface area contributed by atoms with Gasteiger partial charge in [0.15, 0.2) is 0 Å². The molecule has 0 amide bonds. The average Bonchev–Trinajstić information content (AvgIpc) is 3.19. The van der Waals surface area contributed by atoms with Gasteiger partial charge in [0, 0.05) is 17.1 Å². The second-order valence-electron chi connectivity index (χ2n) is 17.1. The molecule has 0 heterocycles. The molecule has 0 aliphatic heterocycles. The molecule has 0 atom stereocenters. The van der Waals surface area contributed by atoms with Crippen LogP contribution in [0.4, 0.5) is 17.1 Å². The standard InChI is InChI=1S/C53H49N/c1-35(2)47-33-49-50(53(5,6)30-29-52(49,3)4)34-51(47)54(42-25-21-37(22-26-42)40-20-19-36-13-7-8-14-39(36)31-40)43-27-23-38(24-28-43)48-32-41-15-9-10-16-44(41)45-17-11-12-18-46(45)48/h7-28,31-35H,29-30H2,1-6H3. The Kier molecular flexibility index (Phi) is 8.23. The van der Waals surface area contributed by atoms with Crippen LogP contribution in [-0.4, -0.2) is 0 Å². The number of anilines is 3. The van der Waals surface area contributed by atoms with Gasteiger partial charge in [-0.1, -0.05) is 157 Å². The van der Waals surface area contributed by atoms with Gasteiger partial charge in [0.1, 0.15) is 0 Å². The van der Waals surface area contributed by atoms with Crippen LogP contribution < -0.4 is 4.90 Å². The molecule has 0 spiro atoms. The SMILES string of the molecule is CC(C)c1cc2c(cc1N(c1ccc(-c3ccc4ccccc4c3)cc1)c1ccc(-c3cc4ccccc4c4ccccc34)cc1)C(C)(C)CCC2(C)C. The van der Waals surface area contributed by atoms with Crippen LogP contribution in [0.25, 0.3) is 54.6 Å². The van der Waals surface area contributed by atoms with E-state index in [2.05, 4.69) is 204 Å². The molecule has 0 unspecified atom stereocenters. The Morgan fingerprint density at radius 1 is 0.444 bits per heavy atom. The van der Waals surface area contributed by atoms with E-state index in [1.165, 1.54) is 89.8 Å². The van der Waals surface area contributed by atoms with Crippen molar-refractivity contribution in [3.05, 3.63) is 174 Å². The summed E-state index contributed by atoms with van der Waals surface area (Å²) < 4.78 is 0. The lowest BCUT2D eigenvalue weighted by Gasteiger charge is -2.43. The van der Waals surface area contributed by atoms with E-state index in [1.807, 2.05) is 0 Å². The first kappa shape index (κ1) is 34.1. The van der Waals surface area contributed by atoms with E-state index in [0.29, 0.717) is 5.92 Å². The topological polar surface area (TPSA) is 3.24 Å². The Balaban J connectivity index is 1.21. The molecular weight excluding hydrogens is 651 g/mol. The maximum Gasteiger partial charge on any atom is 0.0499 e. The fourth-order valence-corrected chi connectivity index (χ4v) is 8.96. The van der Waals surface area contributed by atoms with Crippen LogP contribution in [0.1, 0.15) is 77.0 Å². The van der Waals surface area contributed by atoms with Crippen LogP contribution in [0.15, 0.2) is 158 Å². The summed E-state index contributed by atoms with van der Waals surface area (Å²) in [5.74, 6) is 0.355. The molecule has 0 saturated carbocycles. The van der Waals surface area contributed by atoms with Crippen molar-refractivity contribution in [1.82, 2.24) is 0 Å². The van der Waals surface area contributed by atoms with Crippen LogP contribution in [0, 0.1) is 0 Å². The minimum absolute atomic E-state index is 0.0989. The van der Waals surface area contributed by atoms with Crippen LogP contribution in [0.5, 0.6) is 0 Å². The molecule has 1 heteroatoms. The molecule has 266 valence electrons. The van der Waals surface area contributed by atoms with Gasteiger partial charge in [0.2, 0.25) is 0 Å². The highest BCUT2D eigenvalue weighted by Crippen LogP contribution is 2.51. The van der Waals surface area contributed by atoms with Gasteiger partial charge < -0.3 is 4.90 Å². The summed E-state index contributed by atoms with van der Waals surface area (Å²) in [6.07, 6.45) is 2.39. The molecule has 0 N–H and O–H groups in total. The lowest BCUT2D eigenvalue weighted by Crippen LogP contribution is -2.34. The monoisotopic (exact) mass is 699 g/mol. The Bertz CT molecular complexity index is 2670. The third kappa shape index (κ3) is 5.87. The van der Waals surface area contributed by atoms with Gasteiger partial charge in [-0.25, -0.2) is 0 Å². The summed E-state index contributed by atoms with van der Waals surface area (Å²) in [4.78, 5) is 2.51. The number of hydrogen-bond acceptors (Lipinski definition) is 1. The Morgan fingerprint density at radius 2 is 0.963 bits per heavy atom. The van der Waals surface area contributed by atoms with Crippen LogP contribution in [-0.2, 0) is 10.8 Å². The zero-order valence-corrected chi connectivity index (χ0v) is 32.4. The summed E-state index contributed by atoms with van der Waals surface area (Å²) >= 11 is 0. The summed E-state index contributed by atoms with van der Waals surface area (Å²) in [6, 6.07) is 59.0. The van der Waals surface area contributed by atoms with Gasteiger partial charge in [0.05, 0.1) is 0 Å². The predicted octanol–water partition coefficient (Wildman–Crippen LogP) is 15.4. The highest BCUT2D eigenvalue weighted by atomic mass is 15.1. The van der Waals surface area contributed by atoms with E-state index in [4.69, 9.17) is 0 Å². The summed E-state index contributed by atoms with van der Waals surface area (Å²) in [5, 5.41) is 7.68. The largest absolute Gasteiger partial charge is 0.310 e. The third-order valence-corrected chi connectivity index (χ3v) is 12.3. The van der Waals surface area contributed by atoms with Crippen LogP contribution in [0.3, 0.4) is 0 Å². The first-order valence-corrected chi connectivity index (χ1v) is 19.7. The number of hydrogen-bond donors (Lipinski definition) is 0. The number of fused-ring (bicyclic) bond motifs is 5. The number of rotatable bonds is 6. The Morgan fingerprint density at radius 3 is 1.61 bits per heavy atom. The molecule has 0 aromatic heterocycles. The molecule has 0 radical (unpaired) electrons. The predicted molar refractivity (Wildman–Crippen MR) is 234 cm³/mol. The van der Waals surface area contributed by atoms with Crippen molar-refractivity contribution < 1.29 is 0 Å². The van der Waals surface area contributed by atoms with E-state index in [9.17, 15) is 0 Å². The minimum Gasteiger partial charge on any atom is -0.310 e. The molecule has 1 aliphatic carbocycles. The lowest BCUT2D eigenvalue weighted by molar-refractivity contribution is 0.331. The maximum absolute atomic E-state index is 2.56. The first-order chi connectivity index (χ1) is 26.1. The molecule has 1 aliphatic rings. The fourth-order valence-electron chi connectivity index (χ4n) is 8.96. The van der Waals surface area contributed by atoms with E-state index < -0.39 is 0 Å². The number of nitrogens with zero attached hydrogens (tertiary/aromatic N) is 1. The fraction of sp³-hybridized carbons (Fsp3) is 0.208. The first-order valence-electron chi connectivity index (χ1n) is 19.7. The molecule has 1 nitrogen and oxygen atoms in total. The minimum atomic E-state index is 0.0989. The smallest absolute Gasteiger partial charge is 0.0499 e. The summed E-state index contributed by atoms with van der Waals surface area (Å²) in [6.45, 7) is 14.4. The zero-order valence-electron chi connectivity index (χ0n) is 32.4. The van der Waals surface area contributed by atoms with E-state index >= 15 is 0 Å². The summed E-state index contributed by atoms with van der Waals surface area (Å²) in [7, 11) is 0. The van der Waals surface area contributed by atoms with Crippen molar-refractivity contribution in [2.24, 2.45) is 0 Å². The molecule has 54 heavy (non-hydrogen) atoms. The van der Waals surface area contributed by atoms with Gasteiger partial charge in [-0.3, -0.25) is 0 Å². The quantitative estimate of drug-likeness (QED) is 0.156. The molecule has 8 aromatic rings. The van der Waals surface area contributed by atoms with Gasteiger partial charge in [0.25, 0.3) is 0 Å². The van der Waals surface area contributed by atoms with Gasteiger partial charge >= 0.3 is 0 Å². The molecule has 9 rings (SSSR count). The van der Waals surface area contributed by atoms with E-state index in [1.54, 1.807) is 0 Å². The van der Waals surface area contributed by atoms with Crippen LogP contribution >= 0.6 is 0 Å². The summed E-state index contributed by atoms with van der Waals surface area (Å²) in [5.41, 5.74) is 13.2. The molecular formula is C53H49N. The molecule has 8 aromatic carbocycles. The highest BCUT2D eigenvalue weighted by molar-refractivity contribution is 6.13. The maximum atomic E-state index is 2.56. The number of benzene rings is 8. The lowest BCUT2D eigenvalue weighted by atomic mass is 9.62.